The highest BCUT2D eigenvalue weighted by molar-refractivity contribution is 7.92. The Morgan fingerprint density at radius 3 is 2.62 bits per heavy atom. The summed E-state index contributed by atoms with van der Waals surface area (Å²) < 4.78 is 27.0. The average Bonchev–Trinajstić information content (AvgIpc) is 2.47. The van der Waals surface area contributed by atoms with E-state index in [0.29, 0.717) is 0 Å². The number of carbonyl (C=O) groups excluding carboxylic acids is 1. The SMILES string of the molecule is CNC(=O)c1ccccc1NS(=O)(=O)c1cnccc1Cl. The summed E-state index contributed by atoms with van der Waals surface area (Å²) in [5.74, 6) is -0.398. The molecule has 0 aliphatic rings. The molecule has 0 spiro atoms. The van der Waals surface area contributed by atoms with Crippen molar-refractivity contribution in [2.24, 2.45) is 0 Å². The highest BCUT2D eigenvalue weighted by atomic mass is 35.5. The lowest BCUT2D eigenvalue weighted by atomic mass is 10.2. The van der Waals surface area contributed by atoms with E-state index in [0.717, 1.165) is 6.20 Å². The monoisotopic (exact) mass is 325 g/mol. The summed E-state index contributed by atoms with van der Waals surface area (Å²) >= 11 is 5.87. The Labute approximate surface area is 127 Å². The van der Waals surface area contributed by atoms with Gasteiger partial charge in [0.05, 0.1) is 16.3 Å². The van der Waals surface area contributed by atoms with E-state index in [9.17, 15) is 13.2 Å². The van der Waals surface area contributed by atoms with E-state index >= 15 is 0 Å². The number of hydrogen-bond acceptors (Lipinski definition) is 4. The van der Waals surface area contributed by atoms with Gasteiger partial charge in [0, 0.05) is 19.4 Å². The molecule has 1 heterocycles. The number of sulfonamides is 1. The lowest BCUT2D eigenvalue weighted by Crippen LogP contribution is -2.21. The van der Waals surface area contributed by atoms with E-state index in [4.69, 9.17) is 11.6 Å². The molecule has 21 heavy (non-hydrogen) atoms. The van der Waals surface area contributed by atoms with Gasteiger partial charge in [-0.15, -0.1) is 0 Å². The summed E-state index contributed by atoms with van der Waals surface area (Å²) in [5, 5.41) is 2.50. The van der Waals surface area contributed by atoms with Gasteiger partial charge in [-0.05, 0) is 18.2 Å². The van der Waals surface area contributed by atoms with Gasteiger partial charge in [-0.1, -0.05) is 23.7 Å². The molecule has 0 unspecified atom stereocenters. The van der Waals surface area contributed by atoms with Gasteiger partial charge in [0.1, 0.15) is 4.90 Å². The predicted molar refractivity (Wildman–Crippen MR) is 79.9 cm³/mol. The fraction of sp³-hybridized carbons (Fsp3) is 0.0769. The maximum absolute atomic E-state index is 12.3. The second-order valence-corrected chi connectivity index (χ2v) is 6.09. The molecule has 0 saturated carbocycles. The Morgan fingerprint density at radius 1 is 1.24 bits per heavy atom. The molecule has 0 atom stereocenters. The molecule has 6 nitrogen and oxygen atoms in total. The minimum atomic E-state index is -3.93. The molecule has 2 aromatic rings. The van der Waals surface area contributed by atoms with E-state index in [1.807, 2.05) is 0 Å². The molecule has 0 saturated heterocycles. The van der Waals surface area contributed by atoms with Crippen molar-refractivity contribution in [1.29, 1.82) is 0 Å². The van der Waals surface area contributed by atoms with Gasteiger partial charge < -0.3 is 5.32 Å². The predicted octanol–water partition coefficient (Wildman–Crippen LogP) is 1.90. The summed E-state index contributed by atoms with van der Waals surface area (Å²) in [6.45, 7) is 0. The van der Waals surface area contributed by atoms with Gasteiger partial charge in [-0.2, -0.15) is 0 Å². The van der Waals surface area contributed by atoms with Crippen LogP contribution in [0.5, 0.6) is 0 Å². The van der Waals surface area contributed by atoms with Crippen LogP contribution < -0.4 is 10.0 Å². The Hall–Kier alpha value is -2.12. The van der Waals surface area contributed by atoms with E-state index < -0.39 is 15.9 Å². The summed E-state index contributed by atoms with van der Waals surface area (Å²) in [7, 11) is -2.47. The number of para-hydroxylation sites is 1. The first-order valence-electron chi connectivity index (χ1n) is 5.89. The second kappa shape index (κ2) is 6.11. The van der Waals surface area contributed by atoms with Gasteiger partial charge in [-0.25, -0.2) is 8.42 Å². The van der Waals surface area contributed by atoms with Gasteiger partial charge in [0.15, 0.2) is 0 Å². The molecule has 110 valence electrons. The van der Waals surface area contributed by atoms with Crippen LogP contribution in [-0.4, -0.2) is 26.4 Å². The number of amides is 1. The van der Waals surface area contributed by atoms with Crippen LogP contribution in [0.25, 0.3) is 0 Å². The zero-order chi connectivity index (χ0) is 15.5. The summed E-state index contributed by atoms with van der Waals surface area (Å²) in [6, 6.07) is 7.64. The van der Waals surface area contributed by atoms with Crippen LogP contribution >= 0.6 is 11.6 Å². The Balaban J connectivity index is 2.43. The van der Waals surface area contributed by atoms with Crippen molar-refractivity contribution >= 4 is 33.2 Å². The van der Waals surface area contributed by atoms with Crippen molar-refractivity contribution in [3.63, 3.8) is 0 Å². The molecule has 0 radical (unpaired) electrons. The molecular formula is C13H12ClN3O3S. The van der Waals surface area contributed by atoms with Crippen LogP contribution in [0.1, 0.15) is 10.4 Å². The molecule has 1 amide bonds. The number of rotatable bonds is 4. The highest BCUT2D eigenvalue weighted by Gasteiger charge is 2.20. The van der Waals surface area contributed by atoms with Crippen LogP contribution in [0.4, 0.5) is 5.69 Å². The smallest absolute Gasteiger partial charge is 0.264 e. The van der Waals surface area contributed by atoms with Crippen molar-refractivity contribution < 1.29 is 13.2 Å². The third kappa shape index (κ3) is 3.32. The van der Waals surface area contributed by atoms with Gasteiger partial charge in [0.2, 0.25) is 0 Å². The van der Waals surface area contributed by atoms with Crippen LogP contribution in [0.2, 0.25) is 5.02 Å². The Morgan fingerprint density at radius 2 is 1.95 bits per heavy atom. The molecule has 0 bridgehead atoms. The van der Waals surface area contributed by atoms with Crippen molar-refractivity contribution in [1.82, 2.24) is 10.3 Å². The van der Waals surface area contributed by atoms with Crippen LogP contribution in [0, 0.1) is 0 Å². The van der Waals surface area contributed by atoms with E-state index in [1.54, 1.807) is 12.1 Å². The number of nitrogens with one attached hydrogen (secondary N) is 2. The Kier molecular flexibility index (Phi) is 4.44. The second-order valence-electron chi connectivity index (χ2n) is 4.04. The lowest BCUT2D eigenvalue weighted by molar-refractivity contribution is 0.0964. The molecule has 1 aromatic heterocycles. The number of pyridine rings is 1. The quantitative estimate of drug-likeness (QED) is 0.898. The van der Waals surface area contributed by atoms with E-state index in [1.165, 1.54) is 31.4 Å². The first-order valence-corrected chi connectivity index (χ1v) is 7.75. The minimum Gasteiger partial charge on any atom is -0.355 e. The highest BCUT2D eigenvalue weighted by Crippen LogP contribution is 2.24. The van der Waals surface area contributed by atoms with Gasteiger partial charge >= 0.3 is 0 Å². The third-order valence-corrected chi connectivity index (χ3v) is 4.50. The maximum atomic E-state index is 12.3. The first kappa shape index (κ1) is 15.3. The molecule has 1 aromatic carbocycles. The first-order chi connectivity index (χ1) is 9.95. The lowest BCUT2D eigenvalue weighted by Gasteiger charge is -2.12. The number of nitrogens with zero attached hydrogens (tertiary/aromatic N) is 1. The number of halogens is 1. The molecular weight excluding hydrogens is 314 g/mol. The fourth-order valence-electron chi connectivity index (χ4n) is 1.67. The summed E-state index contributed by atoms with van der Waals surface area (Å²) in [5.41, 5.74) is 0.375. The van der Waals surface area contributed by atoms with Crippen molar-refractivity contribution in [3.05, 3.63) is 53.3 Å². The maximum Gasteiger partial charge on any atom is 0.264 e. The van der Waals surface area contributed by atoms with Gasteiger partial charge in [-0.3, -0.25) is 14.5 Å². The normalized spacial score (nSPS) is 11.0. The van der Waals surface area contributed by atoms with Gasteiger partial charge in [0.25, 0.3) is 15.9 Å². The largest absolute Gasteiger partial charge is 0.355 e. The standard InChI is InChI=1S/C13H12ClN3O3S/c1-15-13(18)9-4-2-3-5-11(9)17-21(19,20)12-8-16-7-6-10(12)14/h2-8,17H,1H3,(H,15,18). The van der Waals surface area contributed by atoms with Crippen molar-refractivity contribution in [2.45, 2.75) is 4.90 Å². The zero-order valence-corrected chi connectivity index (χ0v) is 12.6. The number of anilines is 1. The van der Waals surface area contributed by atoms with Crippen LogP contribution in [0.15, 0.2) is 47.6 Å². The summed E-state index contributed by atoms with van der Waals surface area (Å²) in [6.07, 6.45) is 2.53. The van der Waals surface area contributed by atoms with Crippen molar-refractivity contribution in [3.8, 4) is 0 Å². The number of hydrogen-bond donors (Lipinski definition) is 2. The fourth-order valence-corrected chi connectivity index (χ4v) is 3.18. The number of aromatic nitrogens is 1. The van der Waals surface area contributed by atoms with Crippen molar-refractivity contribution in [2.75, 3.05) is 11.8 Å². The van der Waals surface area contributed by atoms with Crippen LogP contribution in [-0.2, 0) is 10.0 Å². The third-order valence-electron chi connectivity index (χ3n) is 2.67. The van der Waals surface area contributed by atoms with Crippen LogP contribution in [0.3, 0.4) is 0 Å². The molecule has 0 aliphatic carbocycles. The minimum absolute atomic E-state index is 0.0509. The molecule has 2 N–H and O–H groups in total. The van der Waals surface area contributed by atoms with E-state index in [-0.39, 0.29) is 21.2 Å². The zero-order valence-electron chi connectivity index (χ0n) is 11.0. The number of benzene rings is 1. The molecule has 2 rings (SSSR count). The van der Waals surface area contributed by atoms with E-state index in [2.05, 4.69) is 15.0 Å². The number of carbonyl (C=O) groups is 1. The average molecular weight is 326 g/mol. The topological polar surface area (TPSA) is 88.2 Å². The molecule has 0 fully saturated rings. The Bertz CT molecular complexity index is 778. The molecule has 0 aliphatic heterocycles. The summed E-state index contributed by atoms with van der Waals surface area (Å²) in [4.78, 5) is 15.3. The molecule has 8 heteroatoms.